The highest BCUT2D eigenvalue weighted by Gasteiger charge is 2.16. The number of esters is 2. The van der Waals surface area contributed by atoms with Crippen molar-refractivity contribution in [3.8, 4) is 11.5 Å². The van der Waals surface area contributed by atoms with Gasteiger partial charge in [0, 0.05) is 11.0 Å². The Labute approximate surface area is 149 Å². The van der Waals surface area contributed by atoms with Crippen LogP contribution in [-0.2, 0) is 4.74 Å². The number of hydrogen-bond acceptors (Lipinski definition) is 7. The van der Waals surface area contributed by atoms with E-state index < -0.39 is 11.9 Å². The first-order valence-electron chi connectivity index (χ1n) is 7.07. The van der Waals surface area contributed by atoms with Gasteiger partial charge < -0.3 is 14.2 Å². The first kappa shape index (κ1) is 18.2. The number of methoxy groups -OCH3 is 1. The fraction of sp³-hybridized carbons (Fsp3) is 0.176. The molecule has 0 saturated carbocycles. The van der Waals surface area contributed by atoms with Crippen molar-refractivity contribution in [2.24, 2.45) is 0 Å². The Morgan fingerprint density at radius 3 is 2.46 bits per heavy atom. The van der Waals surface area contributed by atoms with E-state index in [9.17, 15) is 9.59 Å². The summed E-state index contributed by atoms with van der Waals surface area (Å²) in [7, 11) is 2.43. The maximum atomic E-state index is 12.4. The van der Waals surface area contributed by atoms with E-state index in [0.29, 0.717) is 22.8 Å². The smallest absolute Gasteiger partial charge is 0.344 e. The van der Waals surface area contributed by atoms with Crippen LogP contribution in [0.4, 0.5) is 0 Å². The van der Waals surface area contributed by atoms with Gasteiger partial charge >= 0.3 is 11.9 Å². The molecule has 0 aliphatic heterocycles. The maximum absolute atomic E-state index is 12.4. The largest absolute Gasteiger partial charge is 0.494 e. The van der Waals surface area contributed by atoms with Gasteiger partial charge in [-0.25, -0.2) is 9.59 Å². The van der Waals surface area contributed by atoms with Crippen molar-refractivity contribution in [3.63, 3.8) is 0 Å². The van der Waals surface area contributed by atoms with Crippen molar-refractivity contribution in [1.82, 2.24) is 0 Å². The average molecular weight is 364 g/mol. The molecule has 7 heteroatoms. The zero-order chi connectivity index (χ0) is 17.5. The summed E-state index contributed by atoms with van der Waals surface area (Å²) in [6, 6.07) is 11.5. The normalized spacial score (nSPS) is 10.1. The van der Waals surface area contributed by atoms with Crippen molar-refractivity contribution < 1.29 is 23.8 Å². The Kier molecular flexibility index (Phi) is 6.57. The molecular weight excluding hydrogens is 348 g/mol. The molecule has 2 rings (SSSR count). The number of hydrogen-bond donors (Lipinski definition) is 1. The topological polar surface area (TPSA) is 61.8 Å². The van der Waals surface area contributed by atoms with Crippen molar-refractivity contribution in [3.05, 3.63) is 53.6 Å². The van der Waals surface area contributed by atoms with E-state index in [1.165, 1.54) is 19.2 Å². The minimum Gasteiger partial charge on any atom is -0.494 e. The van der Waals surface area contributed by atoms with Gasteiger partial charge in [-0.1, -0.05) is 22.9 Å². The van der Waals surface area contributed by atoms with Crippen LogP contribution in [0.2, 0.25) is 0 Å². The van der Waals surface area contributed by atoms with Gasteiger partial charge in [0.15, 0.2) is 0 Å². The zero-order valence-corrected chi connectivity index (χ0v) is 14.9. The van der Waals surface area contributed by atoms with Gasteiger partial charge in [-0.05, 0) is 31.2 Å². The molecule has 0 radical (unpaired) electrons. The number of ether oxygens (including phenoxy) is 3. The highest BCUT2D eigenvalue weighted by molar-refractivity contribution is 8.68. The summed E-state index contributed by atoms with van der Waals surface area (Å²) in [5.41, 5.74) is 0.627. The molecule has 0 heterocycles. The van der Waals surface area contributed by atoms with E-state index in [1.54, 1.807) is 30.3 Å². The molecular formula is C17H16O5S2. The molecule has 0 fully saturated rings. The molecule has 24 heavy (non-hydrogen) atoms. The molecule has 0 spiro atoms. The van der Waals surface area contributed by atoms with E-state index in [0.717, 1.165) is 10.8 Å². The molecule has 0 amide bonds. The van der Waals surface area contributed by atoms with Gasteiger partial charge in [-0.2, -0.15) is 0 Å². The predicted molar refractivity (Wildman–Crippen MR) is 95.2 cm³/mol. The van der Waals surface area contributed by atoms with Gasteiger partial charge in [0.1, 0.15) is 11.5 Å². The first-order chi connectivity index (χ1) is 11.6. The third-order valence-corrected chi connectivity index (χ3v) is 4.17. The quantitative estimate of drug-likeness (QED) is 0.361. The second-order valence-corrected chi connectivity index (χ2v) is 5.76. The van der Waals surface area contributed by atoms with Crippen LogP contribution in [0.5, 0.6) is 11.5 Å². The monoisotopic (exact) mass is 364 g/mol. The molecule has 0 aromatic heterocycles. The van der Waals surface area contributed by atoms with Crippen LogP contribution in [0.15, 0.2) is 47.4 Å². The van der Waals surface area contributed by atoms with E-state index >= 15 is 0 Å². The second kappa shape index (κ2) is 8.65. The van der Waals surface area contributed by atoms with E-state index in [2.05, 4.69) is 11.7 Å². The minimum absolute atomic E-state index is 0.199. The van der Waals surface area contributed by atoms with Crippen molar-refractivity contribution >= 4 is 34.4 Å². The number of carbonyl (C=O) groups excluding carboxylic acids is 2. The van der Waals surface area contributed by atoms with Crippen LogP contribution in [-0.4, -0.2) is 25.7 Å². The van der Waals surface area contributed by atoms with Gasteiger partial charge in [0.05, 0.1) is 24.8 Å². The lowest BCUT2D eigenvalue weighted by atomic mass is 10.2. The predicted octanol–water partition coefficient (Wildman–Crippen LogP) is 4.03. The van der Waals surface area contributed by atoms with E-state index in [1.807, 2.05) is 6.92 Å². The summed E-state index contributed by atoms with van der Waals surface area (Å²) >= 11 is 4.13. The lowest BCUT2D eigenvalue weighted by molar-refractivity contribution is 0.0597. The van der Waals surface area contributed by atoms with Crippen molar-refractivity contribution in [1.29, 1.82) is 0 Å². The van der Waals surface area contributed by atoms with Crippen LogP contribution < -0.4 is 9.47 Å². The Hall–Kier alpha value is -2.12. The van der Waals surface area contributed by atoms with Crippen molar-refractivity contribution in [2.75, 3.05) is 13.7 Å². The molecule has 126 valence electrons. The number of benzene rings is 2. The first-order valence-corrected chi connectivity index (χ1v) is 8.94. The molecule has 0 bridgehead atoms. The van der Waals surface area contributed by atoms with Gasteiger partial charge in [-0.3, -0.25) is 0 Å². The van der Waals surface area contributed by atoms with E-state index in [-0.39, 0.29) is 11.3 Å². The SMILES string of the molecule is CCOc1cc(OC(=O)c2ccccc2SS)cc(C(=O)OC)c1. The van der Waals surface area contributed by atoms with Crippen LogP contribution in [0.25, 0.3) is 0 Å². The van der Waals surface area contributed by atoms with Crippen LogP contribution in [0.1, 0.15) is 27.6 Å². The Morgan fingerprint density at radius 2 is 1.79 bits per heavy atom. The molecule has 0 aliphatic rings. The maximum Gasteiger partial charge on any atom is 0.344 e. The number of carbonyl (C=O) groups is 2. The zero-order valence-electron chi connectivity index (χ0n) is 13.1. The van der Waals surface area contributed by atoms with Crippen molar-refractivity contribution in [2.45, 2.75) is 11.8 Å². The molecule has 0 saturated heterocycles. The summed E-state index contributed by atoms with van der Waals surface area (Å²) < 4.78 is 15.5. The highest BCUT2D eigenvalue weighted by atomic mass is 33.1. The Bertz CT molecular complexity index is 746. The van der Waals surface area contributed by atoms with Gasteiger partial charge in [-0.15, -0.1) is 11.7 Å². The molecule has 5 nitrogen and oxygen atoms in total. The summed E-state index contributed by atoms with van der Waals surface area (Å²) in [5, 5.41) is 0. The molecule has 0 N–H and O–H groups in total. The Balaban J connectivity index is 2.32. The molecule has 0 unspecified atom stereocenters. The number of rotatable bonds is 6. The molecule has 2 aromatic carbocycles. The summed E-state index contributed by atoms with van der Waals surface area (Å²) in [5.74, 6) is -0.470. The molecule has 2 aromatic rings. The lowest BCUT2D eigenvalue weighted by Crippen LogP contribution is -2.11. The lowest BCUT2D eigenvalue weighted by Gasteiger charge is -2.11. The van der Waals surface area contributed by atoms with Gasteiger partial charge in [0.2, 0.25) is 0 Å². The minimum atomic E-state index is -0.545. The van der Waals surface area contributed by atoms with Crippen LogP contribution in [0.3, 0.4) is 0 Å². The summed E-state index contributed by atoms with van der Waals surface area (Å²) in [6.45, 7) is 2.23. The standard InChI is InChI=1S/C17H16O5S2/c1-3-21-12-8-11(16(18)20-2)9-13(10-12)22-17(19)14-6-4-5-7-15(14)24-23/h4-10,23H,3H2,1-2H3. The fourth-order valence-electron chi connectivity index (χ4n) is 1.99. The highest BCUT2D eigenvalue weighted by Crippen LogP contribution is 2.28. The van der Waals surface area contributed by atoms with Crippen LogP contribution in [0, 0.1) is 0 Å². The third kappa shape index (κ3) is 4.46. The second-order valence-electron chi connectivity index (χ2n) is 4.59. The summed E-state index contributed by atoms with van der Waals surface area (Å²) in [4.78, 5) is 24.8. The van der Waals surface area contributed by atoms with E-state index in [4.69, 9.17) is 14.2 Å². The summed E-state index contributed by atoms with van der Waals surface area (Å²) in [6.07, 6.45) is 0. The third-order valence-electron chi connectivity index (χ3n) is 3.03. The fourth-order valence-corrected chi connectivity index (χ4v) is 2.86. The molecule has 0 atom stereocenters. The van der Waals surface area contributed by atoms with Gasteiger partial charge in [0.25, 0.3) is 0 Å². The number of thiol groups is 1. The Morgan fingerprint density at radius 1 is 1.08 bits per heavy atom. The van der Waals surface area contributed by atoms with Crippen LogP contribution >= 0.6 is 22.5 Å². The molecule has 0 aliphatic carbocycles. The average Bonchev–Trinajstić information content (AvgIpc) is 2.61.